The van der Waals surface area contributed by atoms with Crippen molar-refractivity contribution in [2.45, 2.75) is 39.3 Å². The molecule has 0 aliphatic carbocycles. The van der Waals surface area contributed by atoms with E-state index in [4.69, 9.17) is 5.11 Å². The molecule has 0 saturated carbocycles. The summed E-state index contributed by atoms with van der Waals surface area (Å²) in [7, 11) is 1.47. The Morgan fingerprint density at radius 3 is 2.17 bits per heavy atom. The summed E-state index contributed by atoms with van der Waals surface area (Å²) >= 11 is 0. The second-order valence-corrected chi connectivity index (χ2v) is 4.53. The van der Waals surface area contributed by atoms with Crippen LogP contribution in [0.4, 0.5) is 4.79 Å². The lowest BCUT2D eigenvalue weighted by atomic mass is 10.2. The van der Waals surface area contributed by atoms with E-state index in [2.05, 4.69) is 10.6 Å². The van der Waals surface area contributed by atoms with Crippen LogP contribution in [-0.2, 0) is 9.59 Å². The zero-order valence-electron chi connectivity index (χ0n) is 11.2. The average molecular weight is 259 g/mol. The van der Waals surface area contributed by atoms with Crippen LogP contribution in [0.15, 0.2) is 0 Å². The van der Waals surface area contributed by atoms with E-state index >= 15 is 0 Å². The number of carbonyl (C=O) groups is 3. The average Bonchev–Trinajstić information content (AvgIpc) is 2.13. The minimum Gasteiger partial charge on any atom is -0.481 e. The predicted molar refractivity (Wildman–Crippen MR) is 66.2 cm³/mol. The summed E-state index contributed by atoms with van der Waals surface area (Å²) in [4.78, 5) is 34.6. The number of hydrogen-bond donors (Lipinski definition) is 3. The molecule has 0 aliphatic rings. The van der Waals surface area contributed by atoms with E-state index < -0.39 is 18.0 Å². The molecule has 3 amide bonds. The fourth-order valence-corrected chi connectivity index (χ4v) is 1.29. The molecule has 0 aliphatic heterocycles. The van der Waals surface area contributed by atoms with Crippen molar-refractivity contribution in [2.75, 3.05) is 13.6 Å². The number of rotatable bonds is 6. The van der Waals surface area contributed by atoms with E-state index in [0.717, 1.165) is 0 Å². The fraction of sp³-hybridized carbons (Fsp3) is 0.727. The van der Waals surface area contributed by atoms with Gasteiger partial charge in [-0.05, 0) is 20.8 Å². The van der Waals surface area contributed by atoms with E-state index in [1.807, 2.05) is 13.8 Å². The lowest BCUT2D eigenvalue weighted by Gasteiger charge is -2.20. The third-order valence-electron chi connectivity index (χ3n) is 2.03. The third kappa shape index (κ3) is 7.48. The molecule has 0 aromatic carbocycles. The van der Waals surface area contributed by atoms with Crippen LogP contribution in [0.3, 0.4) is 0 Å². The normalized spacial score (nSPS) is 11.8. The van der Waals surface area contributed by atoms with Crippen molar-refractivity contribution in [3.05, 3.63) is 0 Å². The molecule has 0 heterocycles. The van der Waals surface area contributed by atoms with Gasteiger partial charge < -0.3 is 20.6 Å². The minimum absolute atomic E-state index is 0.0138. The number of amides is 3. The largest absolute Gasteiger partial charge is 0.481 e. The number of nitrogens with one attached hydrogen (secondary N) is 2. The van der Waals surface area contributed by atoms with Crippen molar-refractivity contribution in [1.82, 2.24) is 15.5 Å². The topological polar surface area (TPSA) is 98.7 Å². The molecule has 7 heteroatoms. The molecule has 0 aromatic rings. The standard InChI is InChI=1S/C11H21N3O4/c1-7(2)12-9(15)6-14(4)11(18)13-8(3)5-10(16)17/h7-8H,5-6H2,1-4H3,(H,12,15)(H,13,18)(H,16,17). The van der Waals surface area contributed by atoms with Gasteiger partial charge in [-0.15, -0.1) is 0 Å². The number of hydrogen-bond acceptors (Lipinski definition) is 3. The molecule has 1 unspecified atom stereocenters. The van der Waals surface area contributed by atoms with Crippen molar-refractivity contribution < 1.29 is 19.5 Å². The third-order valence-corrected chi connectivity index (χ3v) is 2.03. The summed E-state index contributed by atoms with van der Waals surface area (Å²) in [5, 5.41) is 13.7. The van der Waals surface area contributed by atoms with Crippen molar-refractivity contribution in [3.63, 3.8) is 0 Å². The number of carboxylic acid groups (broad SMARTS) is 1. The lowest BCUT2D eigenvalue weighted by molar-refractivity contribution is -0.137. The summed E-state index contributed by atoms with van der Waals surface area (Å²) in [6.07, 6.45) is -0.155. The number of carbonyl (C=O) groups excluding carboxylic acids is 2. The van der Waals surface area contributed by atoms with E-state index in [1.54, 1.807) is 6.92 Å². The Balaban J connectivity index is 4.10. The van der Waals surface area contributed by atoms with Crippen LogP contribution in [0.25, 0.3) is 0 Å². The van der Waals surface area contributed by atoms with Gasteiger partial charge in [-0.3, -0.25) is 9.59 Å². The van der Waals surface area contributed by atoms with Crippen LogP contribution in [0.1, 0.15) is 27.2 Å². The lowest BCUT2D eigenvalue weighted by Crippen LogP contribution is -2.47. The Hall–Kier alpha value is -1.79. The summed E-state index contributed by atoms with van der Waals surface area (Å²) < 4.78 is 0. The Labute approximate surface area is 107 Å². The molecule has 1 atom stereocenters. The Bertz CT molecular complexity index is 317. The van der Waals surface area contributed by atoms with Crippen LogP contribution in [0.5, 0.6) is 0 Å². The maximum absolute atomic E-state index is 11.6. The number of aliphatic carboxylic acids is 1. The van der Waals surface area contributed by atoms with Crippen LogP contribution in [0.2, 0.25) is 0 Å². The first-order valence-corrected chi connectivity index (χ1v) is 5.75. The molecule has 0 aromatic heterocycles. The minimum atomic E-state index is -0.983. The molecule has 3 N–H and O–H groups in total. The second-order valence-electron chi connectivity index (χ2n) is 4.53. The van der Waals surface area contributed by atoms with Gasteiger partial charge in [0.2, 0.25) is 5.91 Å². The molecule has 18 heavy (non-hydrogen) atoms. The molecule has 0 spiro atoms. The van der Waals surface area contributed by atoms with Gasteiger partial charge in [0.25, 0.3) is 0 Å². The zero-order valence-corrected chi connectivity index (χ0v) is 11.2. The Kier molecular flexibility index (Phi) is 6.77. The number of likely N-dealkylation sites (N-methyl/N-ethyl adjacent to an activating group) is 1. The zero-order chi connectivity index (χ0) is 14.3. The van der Waals surface area contributed by atoms with Crippen molar-refractivity contribution >= 4 is 17.9 Å². The van der Waals surface area contributed by atoms with Crippen LogP contribution < -0.4 is 10.6 Å². The Morgan fingerprint density at radius 2 is 1.72 bits per heavy atom. The number of urea groups is 1. The SMILES string of the molecule is CC(C)NC(=O)CN(C)C(=O)NC(C)CC(=O)O. The van der Waals surface area contributed by atoms with E-state index in [-0.39, 0.29) is 24.9 Å². The summed E-state index contributed by atoms with van der Waals surface area (Å²) in [6.45, 7) is 5.18. The van der Waals surface area contributed by atoms with Gasteiger partial charge in [-0.2, -0.15) is 0 Å². The highest BCUT2D eigenvalue weighted by Gasteiger charge is 2.16. The van der Waals surface area contributed by atoms with Gasteiger partial charge >= 0.3 is 12.0 Å². The van der Waals surface area contributed by atoms with Crippen molar-refractivity contribution in [3.8, 4) is 0 Å². The fourth-order valence-electron chi connectivity index (χ4n) is 1.29. The number of carboxylic acids is 1. The summed E-state index contributed by atoms with van der Waals surface area (Å²) in [5.41, 5.74) is 0. The Morgan fingerprint density at radius 1 is 1.17 bits per heavy atom. The number of nitrogens with zero attached hydrogens (tertiary/aromatic N) is 1. The quantitative estimate of drug-likeness (QED) is 0.626. The van der Waals surface area contributed by atoms with Gasteiger partial charge in [0.05, 0.1) is 6.42 Å². The van der Waals surface area contributed by atoms with E-state index in [0.29, 0.717) is 0 Å². The maximum atomic E-state index is 11.6. The predicted octanol–water partition coefficient (Wildman–Crippen LogP) is 0.0156. The van der Waals surface area contributed by atoms with Gasteiger partial charge in [0, 0.05) is 19.1 Å². The summed E-state index contributed by atoms with van der Waals surface area (Å²) in [6, 6.07) is -0.937. The molecule has 7 nitrogen and oxygen atoms in total. The summed E-state index contributed by atoms with van der Waals surface area (Å²) in [5.74, 6) is -1.24. The van der Waals surface area contributed by atoms with E-state index in [9.17, 15) is 14.4 Å². The highest BCUT2D eigenvalue weighted by Crippen LogP contribution is 1.93. The highest BCUT2D eigenvalue weighted by molar-refractivity contribution is 5.84. The van der Waals surface area contributed by atoms with Gasteiger partial charge in [0.1, 0.15) is 6.54 Å². The van der Waals surface area contributed by atoms with Crippen LogP contribution >= 0.6 is 0 Å². The molecular weight excluding hydrogens is 238 g/mol. The van der Waals surface area contributed by atoms with Crippen LogP contribution in [-0.4, -0.2) is 53.6 Å². The molecule has 0 fully saturated rings. The first kappa shape index (κ1) is 16.2. The maximum Gasteiger partial charge on any atom is 0.317 e. The molecular formula is C11H21N3O4. The van der Waals surface area contributed by atoms with E-state index in [1.165, 1.54) is 11.9 Å². The van der Waals surface area contributed by atoms with Gasteiger partial charge in [0.15, 0.2) is 0 Å². The smallest absolute Gasteiger partial charge is 0.317 e. The first-order chi connectivity index (χ1) is 8.22. The van der Waals surface area contributed by atoms with Gasteiger partial charge in [-0.1, -0.05) is 0 Å². The molecule has 104 valence electrons. The monoisotopic (exact) mass is 259 g/mol. The van der Waals surface area contributed by atoms with Crippen LogP contribution in [0, 0.1) is 0 Å². The first-order valence-electron chi connectivity index (χ1n) is 5.75. The van der Waals surface area contributed by atoms with Gasteiger partial charge in [-0.25, -0.2) is 4.79 Å². The van der Waals surface area contributed by atoms with Crippen molar-refractivity contribution in [1.29, 1.82) is 0 Å². The second kappa shape index (κ2) is 7.52. The molecule has 0 bridgehead atoms. The van der Waals surface area contributed by atoms with Crippen molar-refractivity contribution in [2.24, 2.45) is 0 Å². The molecule has 0 rings (SSSR count). The molecule has 0 radical (unpaired) electrons. The molecule has 0 saturated heterocycles. The highest BCUT2D eigenvalue weighted by atomic mass is 16.4.